The first kappa shape index (κ1) is 15.3. The molecular formula is C16H32N2O. The number of aliphatic hydroxyl groups is 1. The molecule has 2 fully saturated rings. The van der Waals surface area contributed by atoms with Gasteiger partial charge in [0.15, 0.2) is 0 Å². The van der Waals surface area contributed by atoms with Crippen molar-refractivity contribution in [1.29, 1.82) is 0 Å². The van der Waals surface area contributed by atoms with Crippen LogP contribution < -0.4 is 5.32 Å². The lowest BCUT2D eigenvalue weighted by molar-refractivity contribution is -0.0251. The Morgan fingerprint density at radius 2 is 1.89 bits per heavy atom. The van der Waals surface area contributed by atoms with Gasteiger partial charge >= 0.3 is 0 Å². The minimum atomic E-state index is -0.448. The number of hydrogen-bond acceptors (Lipinski definition) is 3. The van der Waals surface area contributed by atoms with E-state index in [9.17, 15) is 5.11 Å². The Hall–Kier alpha value is -0.120. The SMILES string of the molecule is CN1CCCC(CNCC2(O)CCC(C)(C)CC2)C1. The van der Waals surface area contributed by atoms with E-state index in [1.54, 1.807) is 0 Å². The zero-order chi connectivity index (χ0) is 13.9. The molecule has 0 radical (unpaired) electrons. The van der Waals surface area contributed by atoms with E-state index < -0.39 is 5.60 Å². The van der Waals surface area contributed by atoms with Crippen LogP contribution >= 0.6 is 0 Å². The Balaban J connectivity index is 1.67. The molecule has 3 nitrogen and oxygen atoms in total. The molecule has 0 aromatic carbocycles. The van der Waals surface area contributed by atoms with Crippen molar-refractivity contribution in [2.45, 2.75) is 58.0 Å². The smallest absolute Gasteiger partial charge is 0.0772 e. The lowest BCUT2D eigenvalue weighted by Crippen LogP contribution is -2.47. The summed E-state index contributed by atoms with van der Waals surface area (Å²) >= 11 is 0. The molecule has 2 N–H and O–H groups in total. The van der Waals surface area contributed by atoms with Crippen LogP contribution in [0.4, 0.5) is 0 Å². The van der Waals surface area contributed by atoms with Crippen LogP contribution in [0.2, 0.25) is 0 Å². The van der Waals surface area contributed by atoms with Gasteiger partial charge in [-0.25, -0.2) is 0 Å². The lowest BCUT2D eigenvalue weighted by atomic mass is 9.71. The van der Waals surface area contributed by atoms with Crippen LogP contribution in [0.25, 0.3) is 0 Å². The summed E-state index contributed by atoms with van der Waals surface area (Å²) in [5, 5.41) is 14.1. The van der Waals surface area contributed by atoms with Gasteiger partial charge in [-0.1, -0.05) is 13.8 Å². The van der Waals surface area contributed by atoms with Crippen molar-refractivity contribution in [3.05, 3.63) is 0 Å². The van der Waals surface area contributed by atoms with Gasteiger partial charge < -0.3 is 15.3 Å². The summed E-state index contributed by atoms with van der Waals surface area (Å²) in [6.07, 6.45) is 6.87. The maximum atomic E-state index is 10.6. The molecular weight excluding hydrogens is 236 g/mol. The Morgan fingerprint density at radius 1 is 1.21 bits per heavy atom. The van der Waals surface area contributed by atoms with Crippen molar-refractivity contribution in [2.75, 3.05) is 33.2 Å². The lowest BCUT2D eigenvalue weighted by Gasteiger charge is -2.40. The van der Waals surface area contributed by atoms with Crippen LogP contribution in [-0.4, -0.2) is 48.8 Å². The molecule has 3 heteroatoms. The van der Waals surface area contributed by atoms with Crippen molar-refractivity contribution < 1.29 is 5.11 Å². The Morgan fingerprint density at radius 3 is 2.53 bits per heavy atom. The molecule has 0 amide bonds. The largest absolute Gasteiger partial charge is 0.389 e. The Kier molecular flexibility index (Phi) is 4.91. The van der Waals surface area contributed by atoms with Crippen LogP contribution in [0.3, 0.4) is 0 Å². The number of likely N-dealkylation sites (tertiary alicyclic amines) is 1. The summed E-state index contributed by atoms with van der Waals surface area (Å²) in [4.78, 5) is 2.42. The molecule has 112 valence electrons. The number of rotatable bonds is 4. The summed E-state index contributed by atoms with van der Waals surface area (Å²) in [6.45, 7) is 8.93. The standard InChI is InChI=1S/C16H32N2O/c1-15(2)6-8-16(19,9-7-15)13-17-11-14-5-4-10-18(3)12-14/h14,17,19H,4-13H2,1-3H3. The summed E-state index contributed by atoms with van der Waals surface area (Å²) in [5.41, 5.74) is -0.0194. The summed E-state index contributed by atoms with van der Waals surface area (Å²) in [5.74, 6) is 0.766. The van der Waals surface area contributed by atoms with Crippen LogP contribution in [-0.2, 0) is 0 Å². The van der Waals surface area contributed by atoms with Gasteiger partial charge in [-0.05, 0) is 70.0 Å². The van der Waals surface area contributed by atoms with E-state index in [4.69, 9.17) is 0 Å². The quantitative estimate of drug-likeness (QED) is 0.821. The van der Waals surface area contributed by atoms with E-state index in [-0.39, 0.29) is 0 Å². The average molecular weight is 268 g/mol. The predicted molar refractivity (Wildman–Crippen MR) is 80.3 cm³/mol. The molecule has 1 saturated carbocycles. The monoisotopic (exact) mass is 268 g/mol. The fraction of sp³-hybridized carbons (Fsp3) is 1.00. The second kappa shape index (κ2) is 6.11. The van der Waals surface area contributed by atoms with Crippen molar-refractivity contribution in [3.8, 4) is 0 Å². The van der Waals surface area contributed by atoms with Gasteiger partial charge in [0, 0.05) is 13.1 Å². The summed E-state index contributed by atoms with van der Waals surface area (Å²) in [6, 6.07) is 0. The molecule has 2 aliphatic rings. The molecule has 1 heterocycles. The molecule has 0 spiro atoms. The normalized spacial score (nSPS) is 31.3. The highest BCUT2D eigenvalue weighted by molar-refractivity contribution is 4.90. The topological polar surface area (TPSA) is 35.5 Å². The third-order valence-electron chi connectivity index (χ3n) is 5.14. The Labute approximate surface area is 118 Å². The zero-order valence-electron chi connectivity index (χ0n) is 13.0. The van der Waals surface area contributed by atoms with Crippen LogP contribution in [0, 0.1) is 11.3 Å². The minimum Gasteiger partial charge on any atom is -0.389 e. The highest BCUT2D eigenvalue weighted by Crippen LogP contribution is 2.39. The van der Waals surface area contributed by atoms with E-state index in [0.717, 1.165) is 44.7 Å². The maximum absolute atomic E-state index is 10.6. The molecule has 1 atom stereocenters. The fourth-order valence-corrected chi connectivity index (χ4v) is 3.52. The van der Waals surface area contributed by atoms with Gasteiger partial charge in [0.1, 0.15) is 0 Å². The van der Waals surface area contributed by atoms with Crippen LogP contribution in [0.1, 0.15) is 52.4 Å². The first-order valence-corrected chi connectivity index (χ1v) is 8.00. The number of nitrogens with zero attached hydrogens (tertiary/aromatic N) is 1. The van der Waals surface area contributed by atoms with E-state index in [1.165, 1.54) is 25.9 Å². The third-order valence-corrected chi connectivity index (χ3v) is 5.14. The van der Waals surface area contributed by atoms with Crippen LogP contribution in [0.15, 0.2) is 0 Å². The molecule has 1 aliphatic carbocycles. The molecule has 0 aromatic rings. The minimum absolute atomic E-state index is 0.429. The van der Waals surface area contributed by atoms with Gasteiger partial charge in [-0.2, -0.15) is 0 Å². The van der Waals surface area contributed by atoms with Gasteiger partial charge in [-0.15, -0.1) is 0 Å². The third kappa shape index (κ3) is 4.73. The van der Waals surface area contributed by atoms with Gasteiger partial charge in [0.05, 0.1) is 5.60 Å². The molecule has 1 aliphatic heterocycles. The number of hydrogen-bond donors (Lipinski definition) is 2. The Bertz CT molecular complexity index is 280. The molecule has 2 rings (SSSR count). The second-order valence-corrected chi connectivity index (χ2v) is 7.79. The highest BCUT2D eigenvalue weighted by atomic mass is 16.3. The molecule has 1 unspecified atom stereocenters. The van der Waals surface area contributed by atoms with E-state index in [2.05, 4.69) is 31.1 Å². The van der Waals surface area contributed by atoms with Crippen LogP contribution in [0.5, 0.6) is 0 Å². The number of piperidine rings is 1. The molecule has 0 aromatic heterocycles. The van der Waals surface area contributed by atoms with E-state index in [1.807, 2.05) is 0 Å². The highest BCUT2D eigenvalue weighted by Gasteiger charge is 2.36. The van der Waals surface area contributed by atoms with Crippen molar-refractivity contribution >= 4 is 0 Å². The first-order valence-electron chi connectivity index (χ1n) is 8.00. The molecule has 19 heavy (non-hydrogen) atoms. The predicted octanol–water partition coefficient (Wildman–Crippen LogP) is 2.25. The first-order chi connectivity index (χ1) is 8.89. The van der Waals surface area contributed by atoms with E-state index in [0.29, 0.717) is 5.41 Å². The van der Waals surface area contributed by atoms with Crippen molar-refractivity contribution in [1.82, 2.24) is 10.2 Å². The van der Waals surface area contributed by atoms with Gasteiger partial charge in [0.25, 0.3) is 0 Å². The zero-order valence-corrected chi connectivity index (χ0v) is 13.0. The van der Waals surface area contributed by atoms with Gasteiger partial charge in [-0.3, -0.25) is 0 Å². The summed E-state index contributed by atoms with van der Waals surface area (Å²) in [7, 11) is 2.21. The maximum Gasteiger partial charge on any atom is 0.0772 e. The van der Waals surface area contributed by atoms with Crippen molar-refractivity contribution in [2.24, 2.45) is 11.3 Å². The fourth-order valence-electron chi connectivity index (χ4n) is 3.52. The van der Waals surface area contributed by atoms with Crippen molar-refractivity contribution in [3.63, 3.8) is 0 Å². The summed E-state index contributed by atoms with van der Waals surface area (Å²) < 4.78 is 0. The second-order valence-electron chi connectivity index (χ2n) is 7.79. The molecule has 1 saturated heterocycles. The van der Waals surface area contributed by atoms with Gasteiger partial charge in [0.2, 0.25) is 0 Å². The average Bonchev–Trinajstić information content (AvgIpc) is 2.34. The molecule has 0 bridgehead atoms. The van der Waals surface area contributed by atoms with E-state index >= 15 is 0 Å². The number of nitrogens with one attached hydrogen (secondary N) is 1.